The van der Waals surface area contributed by atoms with Crippen LogP contribution in [-0.2, 0) is 32.9 Å². The molecular formula is C30H52N7O10P. The van der Waals surface area contributed by atoms with Crippen LogP contribution >= 0.6 is 7.67 Å². The molecule has 272 valence electrons. The van der Waals surface area contributed by atoms with Gasteiger partial charge in [-0.1, -0.05) is 27.7 Å². The van der Waals surface area contributed by atoms with Crippen LogP contribution in [-0.4, -0.2) is 97.5 Å². The maximum Gasteiger partial charge on any atom is 0.342 e. The van der Waals surface area contributed by atoms with E-state index in [2.05, 4.69) is 25.1 Å². The number of nitrogens with one attached hydrogen (secondary N) is 2. The van der Waals surface area contributed by atoms with Crippen LogP contribution in [0.2, 0.25) is 0 Å². The second kappa shape index (κ2) is 16.2. The fraction of sp³-hybridized carbons (Fsp3) is 0.767. The third-order valence-corrected chi connectivity index (χ3v) is 9.18. The number of nitrogens with two attached hydrogens (primary N) is 1. The lowest BCUT2D eigenvalue weighted by molar-refractivity contribution is -0.150. The number of aliphatic hydroxyl groups is 2. The van der Waals surface area contributed by atoms with Gasteiger partial charge in [-0.15, -0.1) is 0 Å². The maximum absolute atomic E-state index is 14.7. The van der Waals surface area contributed by atoms with E-state index in [0.717, 1.165) is 0 Å². The quantitative estimate of drug-likeness (QED) is 0.118. The van der Waals surface area contributed by atoms with E-state index >= 15 is 0 Å². The number of imidazole rings is 1. The van der Waals surface area contributed by atoms with Crippen molar-refractivity contribution in [2.24, 2.45) is 11.8 Å². The Kier molecular flexibility index (Phi) is 13.3. The molecule has 1 aliphatic heterocycles. The summed E-state index contributed by atoms with van der Waals surface area (Å²) < 4.78 is 44.2. The normalized spacial score (nSPS) is 24.0. The van der Waals surface area contributed by atoms with E-state index in [1.807, 2.05) is 27.7 Å². The van der Waals surface area contributed by atoms with Gasteiger partial charge in [0.15, 0.2) is 17.4 Å². The molecule has 7 atom stereocenters. The van der Waals surface area contributed by atoms with Crippen molar-refractivity contribution < 1.29 is 47.8 Å². The smallest absolute Gasteiger partial charge is 0.342 e. The van der Waals surface area contributed by atoms with Crippen molar-refractivity contribution in [3.8, 4) is 5.88 Å². The summed E-state index contributed by atoms with van der Waals surface area (Å²) >= 11 is 0. The number of ether oxygens (including phenoxy) is 4. The number of carbonyl (C=O) groups is 2. The first-order valence-corrected chi connectivity index (χ1v) is 17.7. The summed E-state index contributed by atoms with van der Waals surface area (Å²) in [5, 5.41) is 28.3. The summed E-state index contributed by atoms with van der Waals surface area (Å²) in [4.78, 5) is 38.8. The first-order chi connectivity index (χ1) is 22.3. The van der Waals surface area contributed by atoms with Crippen molar-refractivity contribution in [1.82, 2.24) is 29.7 Å². The van der Waals surface area contributed by atoms with Crippen LogP contribution in [0.25, 0.3) is 11.2 Å². The number of nitrogen functional groups attached to an aromatic ring is 1. The molecule has 2 aromatic rings. The Morgan fingerprint density at radius 1 is 1.02 bits per heavy atom. The van der Waals surface area contributed by atoms with Gasteiger partial charge in [0.25, 0.3) is 0 Å². The molecule has 2 aromatic heterocycles. The van der Waals surface area contributed by atoms with Crippen molar-refractivity contribution >= 4 is 36.7 Å². The van der Waals surface area contributed by atoms with E-state index in [1.54, 1.807) is 27.7 Å². The average Bonchev–Trinajstić information content (AvgIpc) is 3.46. The van der Waals surface area contributed by atoms with Gasteiger partial charge in [-0.3, -0.25) is 18.7 Å². The lowest BCUT2D eigenvalue weighted by atomic mass is 9.96. The standard InChI is InChI=1S/C30H52N7O10P/c1-15(2)11-19(26(39)45-17(5)6)35-48(42,36-20(12-16(3)4)27(40)46-18(7)8)44-13-21-23(38)30(9,41)28(47-21)37-14-32-22-24(37)33-29(31)34-25(22)43-10/h14-21,23,28,38,41H,11-13H2,1-10H3,(H2,31,33,34)(H2,35,36,42)/t19-,20+,21-,23-,28-,30-,48?/m1/s1. The number of anilines is 1. The fourth-order valence-corrected chi connectivity index (χ4v) is 7.10. The third-order valence-electron chi connectivity index (χ3n) is 7.37. The highest BCUT2D eigenvalue weighted by molar-refractivity contribution is 7.54. The van der Waals surface area contributed by atoms with E-state index in [0.29, 0.717) is 0 Å². The highest BCUT2D eigenvalue weighted by atomic mass is 31.2. The second-order valence-electron chi connectivity index (χ2n) is 13.6. The van der Waals surface area contributed by atoms with Gasteiger partial charge in [-0.05, 0) is 59.3 Å². The number of fused-ring (bicyclic) bond motifs is 1. The van der Waals surface area contributed by atoms with Crippen molar-refractivity contribution in [1.29, 1.82) is 0 Å². The molecule has 0 bridgehead atoms. The molecule has 0 aliphatic carbocycles. The monoisotopic (exact) mass is 701 g/mol. The van der Waals surface area contributed by atoms with Gasteiger partial charge in [0.1, 0.15) is 29.9 Å². The molecule has 0 aromatic carbocycles. The van der Waals surface area contributed by atoms with Crippen LogP contribution in [0.3, 0.4) is 0 Å². The Hall–Kier alpha value is -2.92. The molecule has 48 heavy (non-hydrogen) atoms. The first-order valence-electron chi connectivity index (χ1n) is 16.1. The number of esters is 2. The van der Waals surface area contributed by atoms with Crippen LogP contribution in [0.4, 0.5) is 5.95 Å². The molecule has 6 N–H and O–H groups in total. The predicted octanol–water partition coefficient (Wildman–Crippen LogP) is 2.46. The largest absolute Gasteiger partial charge is 0.479 e. The van der Waals surface area contributed by atoms with Gasteiger partial charge in [0.2, 0.25) is 11.8 Å². The zero-order chi connectivity index (χ0) is 36.1. The summed E-state index contributed by atoms with van der Waals surface area (Å²) in [6.07, 6.45) is -3.17. The minimum absolute atomic E-state index is 0.0228. The topological polar surface area (TPSA) is 231 Å². The first kappa shape index (κ1) is 39.5. The maximum atomic E-state index is 14.7. The number of hydrogen-bond donors (Lipinski definition) is 5. The fourth-order valence-electron chi connectivity index (χ4n) is 5.27. The van der Waals surface area contributed by atoms with Crippen LogP contribution in [0.1, 0.15) is 81.4 Å². The molecular weight excluding hydrogens is 649 g/mol. The molecule has 0 amide bonds. The summed E-state index contributed by atoms with van der Waals surface area (Å²) in [5.74, 6) is -1.37. The van der Waals surface area contributed by atoms with E-state index in [9.17, 15) is 24.4 Å². The van der Waals surface area contributed by atoms with E-state index in [-0.39, 0.29) is 47.7 Å². The van der Waals surface area contributed by atoms with Crippen molar-refractivity contribution in [2.45, 2.75) is 123 Å². The number of aliphatic hydroxyl groups excluding tert-OH is 1. The predicted molar refractivity (Wildman–Crippen MR) is 176 cm³/mol. The third kappa shape index (κ3) is 9.83. The lowest BCUT2D eigenvalue weighted by Crippen LogP contribution is -2.47. The van der Waals surface area contributed by atoms with Crippen molar-refractivity contribution in [3.63, 3.8) is 0 Å². The molecule has 0 radical (unpaired) electrons. The number of hydrogen-bond acceptors (Lipinski definition) is 14. The van der Waals surface area contributed by atoms with E-state index in [4.69, 9.17) is 29.2 Å². The molecule has 1 saturated heterocycles. The average molecular weight is 702 g/mol. The van der Waals surface area contributed by atoms with Crippen molar-refractivity contribution in [3.05, 3.63) is 6.33 Å². The Morgan fingerprint density at radius 2 is 1.54 bits per heavy atom. The van der Waals surface area contributed by atoms with Gasteiger partial charge in [-0.2, -0.15) is 9.97 Å². The second-order valence-corrected chi connectivity index (χ2v) is 15.4. The van der Waals surface area contributed by atoms with Crippen LogP contribution in [0.15, 0.2) is 6.33 Å². The Bertz CT molecular complexity index is 1410. The molecule has 1 fully saturated rings. The number of rotatable bonds is 17. The molecule has 3 heterocycles. The van der Waals surface area contributed by atoms with Crippen LogP contribution in [0.5, 0.6) is 5.88 Å². The number of carbonyl (C=O) groups excluding carboxylic acids is 2. The molecule has 0 spiro atoms. The van der Waals surface area contributed by atoms with Crippen LogP contribution in [0, 0.1) is 11.8 Å². The Balaban J connectivity index is 1.96. The van der Waals surface area contributed by atoms with Gasteiger partial charge in [0.05, 0.1) is 32.3 Å². The zero-order valence-electron chi connectivity index (χ0n) is 29.4. The summed E-state index contributed by atoms with van der Waals surface area (Å²) in [5.41, 5.74) is 4.34. The number of aromatic nitrogens is 4. The number of methoxy groups -OCH3 is 1. The van der Waals surface area contributed by atoms with Gasteiger partial charge < -0.3 is 39.4 Å². The SMILES string of the molecule is COc1nc(N)nc2c1ncn2[C@@H]1O[C@H](COP(=O)(N[C@@H](CC(C)C)C(=O)OC(C)C)N[C@H](CC(C)C)C(=O)OC(C)C)[C@@H](O)[C@@]1(C)O. The highest BCUT2D eigenvalue weighted by Crippen LogP contribution is 2.45. The van der Waals surface area contributed by atoms with Gasteiger partial charge >= 0.3 is 19.6 Å². The summed E-state index contributed by atoms with van der Waals surface area (Å²) in [6, 6.07) is -2.18. The molecule has 0 saturated carbocycles. The van der Waals surface area contributed by atoms with Crippen LogP contribution < -0.4 is 20.6 Å². The Morgan fingerprint density at radius 3 is 2.00 bits per heavy atom. The van der Waals surface area contributed by atoms with Gasteiger partial charge in [-0.25, -0.2) is 15.2 Å². The minimum Gasteiger partial charge on any atom is -0.479 e. The summed E-state index contributed by atoms with van der Waals surface area (Å²) in [7, 11) is -2.95. The lowest BCUT2D eigenvalue weighted by Gasteiger charge is -2.31. The molecule has 1 unspecified atom stereocenters. The molecule has 18 heteroatoms. The molecule has 3 rings (SSSR count). The van der Waals surface area contributed by atoms with E-state index < -0.39 is 74.5 Å². The highest BCUT2D eigenvalue weighted by Gasteiger charge is 2.54. The zero-order valence-corrected chi connectivity index (χ0v) is 30.3. The minimum atomic E-state index is -4.34. The van der Waals surface area contributed by atoms with Crippen molar-refractivity contribution in [2.75, 3.05) is 19.5 Å². The van der Waals surface area contributed by atoms with Gasteiger partial charge in [0, 0.05) is 0 Å². The number of nitrogens with zero attached hydrogens (tertiary/aromatic N) is 4. The molecule has 17 nitrogen and oxygen atoms in total. The van der Waals surface area contributed by atoms with E-state index in [1.165, 1.54) is 24.9 Å². The Labute approximate surface area is 281 Å². The summed E-state index contributed by atoms with van der Waals surface area (Å²) in [6.45, 7) is 15.1. The molecule has 1 aliphatic rings.